The van der Waals surface area contributed by atoms with Crippen molar-refractivity contribution in [2.75, 3.05) is 26.2 Å². The van der Waals surface area contributed by atoms with Gasteiger partial charge in [0.25, 0.3) is 11.8 Å². The molecule has 0 unspecified atom stereocenters. The van der Waals surface area contributed by atoms with Crippen LogP contribution in [0.25, 0.3) is 0 Å². The van der Waals surface area contributed by atoms with Gasteiger partial charge in [-0.2, -0.15) is 0 Å². The van der Waals surface area contributed by atoms with E-state index in [-0.39, 0.29) is 24.1 Å². The third kappa shape index (κ3) is 3.39. The van der Waals surface area contributed by atoms with Gasteiger partial charge in [-0.1, -0.05) is 13.8 Å². The van der Waals surface area contributed by atoms with Crippen molar-refractivity contribution in [1.82, 2.24) is 19.8 Å². The number of nitrogens with one attached hydrogen (secondary N) is 1. The lowest BCUT2D eigenvalue weighted by Crippen LogP contribution is -2.57. The molecule has 0 bridgehead atoms. The van der Waals surface area contributed by atoms with Crippen molar-refractivity contribution < 1.29 is 18.4 Å². The van der Waals surface area contributed by atoms with Crippen LogP contribution >= 0.6 is 0 Å². The topological polar surface area (TPSA) is 69.3 Å². The van der Waals surface area contributed by atoms with Gasteiger partial charge in [-0.15, -0.1) is 0 Å². The molecule has 2 fully saturated rings. The van der Waals surface area contributed by atoms with Crippen LogP contribution in [0.4, 0.5) is 8.78 Å². The number of H-pyrrole nitrogens is 1. The monoisotopic (exact) mass is 354 g/mol. The van der Waals surface area contributed by atoms with Gasteiger partial charge in [0.05, 0.1) is 18.2 Å². The molecule has 1 aromatic rings. The van der Waals surface area contributed by atoms with Crippen molar-refractivity contribution in [3.63, 3.8) is 0 Å². The maximum Gasteiger partial charge on any atom is 0.272 e. The molecule has 2 aliphatic heterocycles. The Labute approximate surface area is 145 Å². The van der Waals surface area contributed by atoms with Gasteiger partial charge in [-0.25, -0.2) is 13.8 Å². The van der Waals surface area contributed by atoms with E-state index in [9.17, 15) is 18.4 Å². The summed E-state index contributed by atoms with van der Waals surface area (Å²) in [6.45, 7) is 6.07. The van der Waals surface area contributed by atoms with Crippen molar-refractivity contribution in [2.45, 2.75) is 39.5 Å². The summed E-state index contributed by atoms with van der Waals surface area (Å²) >= 11 is 0. The van der Waals surface area contributed by atoms with E-state index in [1.165, 1.54) is 6.20 Å². The molecule has 3 rings (SSSR count). The molecule has 1 N–H and O–H groups in total. The molecular formula is C17H24F2N4O2. The number of aromatic nitrogens is 2. The van der Waals surface area contributed by atoms with Crippen LogP contribution in [-0.2, 0) is 4.79 Å². The van der Waals surface area contributed by atoms with Gasteiger partial charge in [-0.3, -0.25) is 9.59 Å². The normalized spacial score (nSPS) is 26.1. The van der Waals surface area contributed by atoms with Crippen LogP contribution in [0.3, 0.4) is 0 Å². The fraction of sp³-hybridized carbons (Fsp3) is 0.706. The zero-order valence-corrected chi connectivity index (χ0v) is 14.8. The molecule has 0 aliphatic carbocycles. The summed E-state index contributed by atoms with van der Waals surface area (Å²) in [5, 5.41) is 0. The summed E-state index contributed by atoms with van der Waals surface area (Å²) in [7, 11) is 0. The average Bonchev–Trinajstić information content (AvgIpc) is 3.04. The van der Waals surface area contributed by atoms with Gasteiger partial charge < -0.3 is 14.8 Å². The Morgan fingerprint density at radius 3 is 2.72 bits per heavy atom. The minimum absolute atomic E-state index is 0.0346. The zero-order chi connectivity index (χ0) is 18.4. The Morgan fingerprint density at radius 1 is 1.40 bits per heavy atom. The largest absolute Gasteiger partial charge is 0.342 e. The number of rotatable bonds is 3. The van der Waals surface area contributed by atoms with E-state index in [2.05, 4.69) is 9.97 Å². The summed E-state index contributed by atoms with van der Waals surface area (Å²) in [6, 6.07) is 0. The fourth-order valence-corrected chi connectivity index (χ4v) is 3.97. The molecule has 1 aromatic heterocycles. The summed E-state index contributed by atoms with van der Waals surface area (Å²) in [5.74, 6) is -3.05. The second kappa shape index (κ2) is 6.07. The van der Waals surface area contributed by atoms with Crippen LogP contribution in [0.2, 0.25) is 0 Å². The van der Waals surface area contributed by atoms with Crippen LogP contribution in [0.15, 0.2) is 6.20 Å². The maximum absolute atomic E-state index is 14.4. The predicted octanol–water partition coefficient (Wildman–Crippen LogP) is 2.07. The second-order valence-corrected chi connectivity index (χ2v) is 7.75. The average molecular weight is 354 g/mol. The molecule has 6 nitrogen and oxygen atoms in total. The first-order valence-corrected chi connectivity index (χ1v) is 8.60. The van der Waals surface area contributed by atoms with Crippen LogP contribution in [0.5, 0.6) is 0 Å². The SMILES string of the molecule is Cc1ncc(C(=O)N2CC(F)(F)C[C@]3(CCN(CC(C)C)C3=O)C2)[nH]1. The van der Waals surface area contributed by atoms with Crippen LogP contribution in [0, 0.1) is 18.3 Å². The first kappa shape index (κ1) is 17.8. The number of amides is 2. The van der Waals surface area contributed by atoms with Crippen molar-refractivity contribution in [3.05, 3.63) is 17.7 Å². The van der Waals surface area contributed by atoms with Crippen LogP contribution in [-0.4, -0.2) is 63.7 Å². The Hall–Kier alpha value is -1.99. The fourth-order valence-electron chi connectivity index (χ4n) is 3.97. The van der Waals surface area contributed by atoms with E-state index >= 15 is 0 Å². The van der Waals surface area contributed by atoms with Crippen molar-refractivity contribution in [2.24, 2.45) is 11.3 Å². The van der Waals surface area contributed by atoms with Gasteiger partial charge in [0.2, 0.25) is 5.91 Å². The highest BCUT2D eigenvalue weighted by atomic mass is 19.3. The number of piperidine rings is 1. The summed E-state index contributed by atoms with van der Waals surface area (Å²) in [5.41, 5.74) is -1.00. The van der Waals surface area contributed by atoms with Gasteiger partial charge >= 0.3 is 0 Å². The number of carbonyl (C=O) groups is 2. The van der Waals surface area contributed by atoms with Crippen molar-refractivity contribution in [1.29, 1.82) is 0 Å². The Morgan fingerprint density at radius 2 is 2.12 bits per heavy atom. The number of nitrogens with zero attached hydrogens (tertiary/aromatic N) is 3. The number of alkyl halides is 2. The zero-order valence-electron chi connectivity index (χ0n) is 14.8. The molecule has 0 aromatic carbocycles. The molecule has 25 heavy (non-hydrogen) atoms. The lowest BCUT2D eigenvalue weighted by atomic mass is 9.77. The molecule has 1 spiro atoms. The number of imidazole rings is 1. The first-order chi connectivity index (χ1) is 11.6. The second-order valence-electron chi connectivity index (χ2n) is 7.75. The Balaban J connectivity index is 1.84. The third-order valence-corrected chi connectivity index (χ3v) is 4.92. The predicted molar refractivity (Wildman–Crippen MR) is 87.3 cm³/mol. The number of hydrogen-bond donors (Lipinski definition) is 1. The highest BCUT2D eigenvalue weighted by Gasteiger charge is 2.57. The summed E-state index contributed by atoms with van der Waals surface area (Å²) < 4.78 is 28.8. The van der Waals surface area contributed by atoms with Crippen LogP contribution in [0.1, 0.15) is 43.0 Å². The summed E-state index contributed by atoms with van der Waals surface area (Å²) in [6.07, 6.45) is 1.22. The standard InChI is InChI=1S/C17H24F2N4O2/c1-11(2)7-22-5-4-16(15(22)25)8-17(18,19)10-23(9-16)14(24)13-6-20-12(3)21-13/h6,11H,4-5,7-10H2,1-3H3,(H,20,21)/t16-/m1/s1. The number of halogens is 2. The number of hydrogen-bond acceptors (Lipinski definition) is 3. The lowest BCUT2D eigenvalue weighted by Gasteiger charge is -2.42. The van der Waals surface area contributed by atoms with E-state index in [1.54, 1.807) is 11.8 Å². The van der Waals surface area contributed by atoms with E-state index < -0.39 is 30.2 Å². The van der Waals surface area contributed by atoms with E-state index in [4.69, 9.17) is 0 Å². The molecule has 0 saturated carbocycles. The Kier molecular flexibility index (Phi) is 4.33. The van der Waals surface area contributed by atoms with Crippen LogP contribution < -0.4 is 0 Å². The molecule has 0 radical (unpaired) electrons. The highest BCUT2D eigenvalue weighted by molar-refractivity contribution is 5.93. The number of aryl methyl sites for hydroxylation is 1. The highest BCUT2D eigenvalue weighted by Crippen LogP contribution is 2.46. The number of likely N-dealkylation sites (tertiary alicyclic amines) is 2. The first-order valence-electron chi connectivity index (χ1n) is 8.60. The van der Waals surface area contributed by atoms with Crippen molar-refractivity contribution >= 4 is 11.8 Å². The van der Waals surface area contributed by atoms with Gasteiger partial charge in [0, 0.05) is 26.1 Å². The van der Waals surface area contributed by atoms with E-state index in [1.807, 2.05) is 13.8 Å². The third-order valence-electron chi connectivity index (χ3n) is 4.92. The molecule has 2 amide bonds. The summed E-state index contributed by atoms with van der Waals surface area (Å²) in [4.78, 5) is 35.0. The van der Waals surface area contributed by atoms with Gasteiger partial charge in [0.1, 0.15) is 11.5 Å². The molecular weight excluding hydrogens is 330 g/mol. The molecule has 3 heterocycles. The number of carbonyl (C=O) groups excluding carboxylic acids is 2. The molecule has 1 atom stereocenters. The van der Waals surface area contributed by atoms with Gasteiger partial charge in [0.15, 0.2) is 0 Å². The molecule has 138 valence electrons. The Bertz CT molecular complexity index is 688. The van der Waals surface area contributed by atoms with Gasteiger partial charge in [-0.05, 0) is 19.3 Å². The lowest BCUT2D eigenvalue weighted by molar-refractivity contribution is -0.151. The number of aromatic amines is 1. The quantitative estimate of drug-likeness (QED) is 0.903. The molecule has 2 saturated heterocycles. The van der Waals surface area contributed by atoms with E-state index in [0.717, 1.165) is 4.90 Å². The minimum Gasteiger partial charge on any atom is -0.342 e. The molecule has 2 aliphatic rings. The molecule has 8 heteroatoms. The van der Waals surface area contributed by atoms with E-state index in [0.29, 0.717) is 25.3 Å². The van der Waals surface area contributed by atoms with Crippen molar-refractivity contribution in [3.8, 4) is 0 Å². The smallest absolute Gasteiger partial charge is 0.272 e. The minimum atomic E-state index is -3.08. The maximum atomic E-state index is 14.4.